The van der Waals surface area contributed by atoms with Gasteiger partial charge in [0.2, 0.25) is 0 Å². The molecular weight excluding hydrogens is 480 g/mol. The van der Waals surface area contributed by atoms with Crippen LogP contribution in [0.2, 0.25) is 0 Å². The third-order valence-corrected chi connectivity index (χ3v) is 6.71. The summed E-state index contributed by atoms with van der Waals surface area (Å²) >= 11 is 0. The van der Waals surface area contributed by atoms with E-state index in [2.05, 4.69) is 37.4 Å². The van der Waals surface area contributed by atoms with Gasteiger partial charge in [-0.2, -0.15) is 5.10 Å². The number of carbonyl (C=O) groups is 2. The number of aromatic nitrogens is 5. The molecule has 10 heteroatoms. The van der Waals surface area contributed by atoms with E-state index in [4.69, 9.17) is 10.8 Å². The van der Waals surface area contributed by atoms with E-state index < -0.39 is 0 Å². The van der Waals surface area contributed by atoms with Crippen molar-refractivity contribution in [1.29, 1.82) is 0 Å². The minimum absolute atomic E-state index is 0.0919. The number of nitrogens with two attached hydrogens (primary N) is 1. The number of carbonyl (C=O) groups excluding carboxylic acids is 2. The van der Waals surface area contributed by atoms with Crippen LogP contribution in [0, 0.1) is 18.8 Å². The van der Waals surface area contributed by atoms with Crippen LogP contribution in [-0.2, 0) is 4.79 Å². The highest BCUT2D eigenvalue weighted by atomic mass is 16.2. The number of aryl methyl sites for hydroxylation is 1. The predicted molar refractivity (Wildman–Crippen MR) is 145 cm³/mol. The number of pyridine rings is 1. The summed E-state index contributed by atoms with van der Waals surface area (Å²) in [6, 6.07) is 11.1. The zero-order valence-electron chi connectivity index (χ0n) is 21.2. The molecule has 0 bridgehead atoms. The molecule has 5 rings (SSSR count). The molecule has 2 amide bonds. The molecule has 0 radical (unpaired) electrons. The molecule has 1 fully saturated rings. The smallest absolute Gasteiger partial charge is 0.296 e. The highest BCUT2D eigenvalue weighted by Crippen LogP contribution is 2.36. The molecule has 0 atom stereocenters. The molecule has 10 nitrogen and oxygen atoms in total. The number of fused-ring (bicyclic) bond motifs is 1. The van der Waals surface area contributed by atoms with E-state index in [-0.39, 0.29) is 23.9 Å². The number of nitrogens with one attached hydrogen (secondary N) is 2. The molecule has 4 aromatic rings. The minimum Gasteiger partial charge on any atom is -0.383 e. The van der Waals surface area contributed by atoms with Gasteiger partial charge in [0.1, 0.15) is 23.7 Å². The molecule has 1 saturated carbocycles. The van der Waals surface area contributed by atoms with E-state index in [0.717, 1.165) is 36.8 Å². The number of rotatable bonds is 5. The van der Waals surface area contributed by atoms with Gasteiger partial charge in [-0.05, 0) is 75.3 Å². The Kier molecular flexibility index (Phi) is 7.00. The number of benzene rings is 1. The first kappa shape index (κ1) is 24.9. The van der Waals surface area contributed by atoms with Crippen molar-refractivity contribution in [2.24, 2.45) is 0 Å². The second-order valence-corrected chi connectivity index (χ2v) is 9.35. The van der Waals surface area contributed by atoms with E-state index in [1.165, 1.54) is 6.33 Å². The largest absolute Gasteiger partial charge is 0.383 e. The van der Waals surface area contributed by atoms with Gasteiger partial charge in [-0.15, -0.1) is 0 Å². The summed E-state index contributed by atoms with van der Waals surface area (Å²) in [5.74, 6) is 5.53. The Bertz CT molecular complexity index is 1560. The number of nitrogen functional groups attached to an aromatic ring is 1. The van der Waals surface area contributed by atoms with Gasteiger partial charge < -0.3 is 16.4 Å². The van der Waals surface area contributed by atoms with Crippen molar-refractivity contribution in [3.05, 3.63) is 60.0 Å². The van der Waals surface area contributed by atoms with Crippen LogP contribution >= 0.6 is 0 Å². The second-order valence-electron chi connectivity index (χ2n) is 9.35. The molecule has 0 aliphatic heterocycles. The maximum atomic E-state index is 12.7. The maximum Gasteiger partial charge on any atom is 0.296 e. The van der Waals surface area contributed by atoms with Crippen molar-refractivity contribution in [1.82, 2.24) is 30.0 Å². The first-order chi connectivity index (χ1) is 18.4. The summed E-state index contributed by atoms with van der Waals surface area (Å²) in [7, 11) is 0. The van der Waals surface area contributed by atoms with Crippen LogP contribution in [0.25, 0.3) is 22.3 Å². The lowest BCUT2D eigenvalue weighted by Gasteiger charge is -2.28. The van der Waals surface area contributed by atoms with Crippen molar-refractivity contribution in [2.45, 2.75) is 51.6 Å². The number of anilines is 2. The number of hydrogen-bond acceptors (Lipinski definition) is 7. The van der Waals surface area contributed by atoms with Crippen LogP contribution in [-0.4, -0.2) is 42.6 Å². The normalized spacial score (nSPS) is 16.9. The quantitative estimate of drug-likeness (QED) is 0.349. The third-order valence-electron chi connectivity index (χ3n) is 6.71. The van der Waals surface area contributed by atoms with Gasteiger partial charge in [-0.1, -0.05) is 18.1 Å². The van der Waals surface area contributed by atoms with Crippen molar-refractivity contribution >= 4 is 34.5 Å². The van der Waals surface area contributed by atoms with Crippen LogP contribution in [0.1, 0.15) is 54.6 Å². The SMILES string of the molecule is CC#CC(=O)NC1CCC(n2nc(-c3ccc(C(=O)Nc4cc(C)ccn4)cc3)c3c(N)ncnc32)CC1. The molecule has 4 N–H and O–H groups in total. The second kappa shape index (κ2) is 10.7. The van der Waals surface area contributed by atoms with Crippen molar-refractivity contribution < 1.29 is 9.59 Å². The van der Waals surface area contributed by atoms with Gasteiger partial charge in [0.25, 0.3) is 11.8 Å². The lowest BCUT2D eigenvalue weighted by atomic mass is 9.91. The Labute approximate surface area is 220 Å². The van der Waals surface area contributed by atoms with Crippen molar-refractivity contribution in [3.8, 4) is 23.1 Å². The number of nitrogens with zero attached hydrogens (tertiary/aromatic N) is 5. The van der Waals surface area contributed by atoms with Crippen LogP contribution in [0.15, 0.2) is 48.9 Å². The highest BCUT2D eigenvalue weighted by Gasteiger charge is 2.27. The van der Waals surface area contributed by atoms with Gasteiger partial charge in [0.15, 0.2) is 5.65 Å². The summed E-state index contributed by atoms with van der Waals surface area (Å²) in [5.41, 5.74) is 9.93. The Morgan fingerprint density at radius 2 is 1.82 bits per heavy atom. The Hall–Kier alpha value is -4.78. The van der Waals surface area contributed by atoms with E-state index in [9.17, 15) is 9.59 Å². The molecule has 1 aromatic carbocycles. The van der Waals surface area contributed by atoms with E-state index in [0.29, 0.717) is 33.9 Å². The van der Waals surface area contributed by atoms with E-state index in [1.807, 2.05) is 35.9 Å². The van der Waals surface area contributed by atoms with Crippen LogP contribution < -0.4 is 16.4 Å². The van der Waals surface area contributed by atoms with Crippen LogP contribution in [0.5, 0.6) is 0 Å². The fraction of sp³-hybridized carbons (Fsp3) is 0.286. The fourth-order valence-corrected chi connectivity index (χ4v) is 4.82. The van der Waals surface area contributed by atoms with Gasteiger partial charge >= 0.3 is 0 Å². The molecule has 3 heterocycles. The van der Waals surface area contributed by atoms with Gasteiger partial charge in [-0.3, -0.25) is 9.59 Å². The molecule has 192 valence electrons. The monoisotopic (exact) mass is 508 g/mol. The summed E-state index contributed by atoms with van der Waals surface area (Å²) < 4.78 is 1.93. The molecule has 1 aliphatic carbocycles. The Balaban J connectivity index is 1.38. The molecule has 0 unspecified atom stereocenters. The summed E-state index contributed by atoms with van der Waals surface area (Å²) in [6.07, 6.45) is 6.40. The lowest BCUT2D eigenvalue weighted by molar-refractivity contribution is -0.116. The molecule has 1 aliphatic rings. The maximum absolute atomic E-state index is 12.7. The summed E-state index contributed by atoms with van der Waals surface area (Å²) in [5, 5.41) is 11.4. The zero-order chi connectivity index (χ0) is 26.6. The first-order valence-corrected chi connectivity index (χ1v) is 12.5. The third kappa shape index (κ3) is 5.18. The molecular formula is C28H28N8O2. The molecule has 3 aromatic heterocycles. The Morgan fingerprint density at radius 1 is 1.05 bits per heavy atom. The lowest BCUT2D eigenvalue weighted by Crippen LogP contribution is -2.37. The average molecular weight is 509 g/mol. The van der Waals surface area contributed by atoms with Crippen molar-refractivity contribution in [3.63, 3.8) is 0 Å². The molecule has 0 spiro atoms. The highest BCUT2D eigenvalue weighted by molar-refractivity contribution is 6.04. The fourth-order valence-electron chi connectivity index (χ4n) is 4.82. The van der Waals surface area contributed by atoms with E-state index in [1.54, 1.807) is 25.3 Å². The zero-order valence-corrected chi connectivity index (χ0v) is 21.2. The van der Waals surface area contributed by atoms with Gasteiger partial charge in [0, 0.05) is 23.4 Å². The number of hydrogen-bond donors (Lipinski definition) is 3. The minimum atomic E-state index is -0.248. The van der Waals surface area contributed by atoms with Gasteiger partial charge in [-0.25, -0.2) is 19.6 Å². The topological polar surface area (TPSA) is 141 Å². The summed E-state index contributed by atoms with van der Waals surface area (Å²) in [6.45, 7) is 3.59. The van der Waals surface area contributed by atoms with Crippen molar-refractivity contribution in [2.75, 3.05) is 11.1 Å². The summed E-state index contributed by atoms with van der Waals surface area (Å²) in [4.78, 5) is 37.5. The van der Waals surface area contributed by atoms with E-state index >= 15 is 0 Å². The van der Waals surface area contributed by atoms with Crippen LogP contribution in [0.4, 0.5) is 11.6 Å². The van der Waals surface area contributed by atoms with Crippen LogP contribution in [0.3, 0.4) is 0 Å². The Morgan fingerprint density at radius 3 is 2.53 bits per heavy atom. The molecule has 38 heavy (non-hydrogen) atoms. The number of amides is 2. The standard InChI is InChI=1S/C28H28N8O2/c1-3-4-23(37)33-20-9-11-21(12-10-20)36-27-24(26(29)31-16-32-27)25(35-36)18-5-7-19(8-6-18)28(38)34-22-15-17(2)13-14-30-22/h5-8,13-16,20-21H,9-12H2,1-2H3,(H,33,37)(H2,29,31,32)(H,30,34,38). The first-order valence-electron chi connectivity index (χ1n) is 12.5. The predicted octanol–water partition coefficient (Wildman–Crippen LogP) is 3.65. The van der Waals surface area contributed by atoms with Gasteiger partial charge in [0.05, 0.1) is 11.4 Å². The average Bonchev–Trinajstić information content (AvgIpc) is 3.30. The molecule has 0 saturated heterocycles.